The van der Waals surface area contributed by atoms with Crippen molar-refractivity contribution >= 4 is 36.0 Å². The number of nitrogens with zero attached hydrogens (tertiary/aromatic N) is 1. The Balaban J connectivity index is 0.00000264. The summed E-state index contributed by atoms with van der Waals surface area (Å²) in [5.41, 5.74) is 6.64. The van der Waals surface area contributed by atoms with Crippen LogP contribution >= 0.6 is 12.4 Å². The summed E-state index contributed by atoms with van der Waals surface area (Å²) >= 11 is 0. The molecule has 6 nitrogen and oxygen atoms in total. The van der Waals surface area contributed by atoms with Gasteiger partial charge < -0.3 is 21.1 Å². The second-order valence-corrected chi connectivity index (χ2v) is 5.28. The molecular formula is C16H22ClN3O3. The molecule has 0 unspecified atom stereocenters. The molecule has 1 aromatic carbocycles. The Morgan fingerprint density at radius 2 is 2.22 bits per heavy atom. The van der Waals surface area contributed by atoms with Crippen LogP contribution in [0.2, 0.25) is 0 Å². The standard InChI is InChI=1S/C16H21N3O3.ClH/c17-13-5-6-14(20)12(11-13)4-7-15(21)18-8-2-10-19-9-1-3-16(19)22;/h4-7,11,20H,1-3,8-10,17H2,(H,18,21);1H/b7-4+;. The quantitative estimate of drug-likeness (QED) is 0.317. The molecule has 1 aliphatic rings. The number of nitrogen functional groups attached to an aromatic ring is 1. The van der Waals surface area contributed by atoms with Gasteiger partial charge in [-0.25, -0.2) is 0 Å². The summed E-state index contributed by atoms with van der Waals surface area (Å²) in [4.78, 5) is 24.9. The molecule has 0 spiro atoms. The SMILES string of the molecule is Cl.Nc1ccc(O)c(/C=C/C(=O)NCCCN2CCCC2=O)c1. The number of phenols is 1. The van der Waals surface area contributed by atoms with Gasteiger partial charge in [-0.2, -0.15) is 0 Å². The van der Waals surface area contributed by atoms with Crippen LogP contribution < -0.4 is 11.1 Å². The van der Waals surface area contributed by atoms with E-state index in [4.69, 9.17) is 5.73 Å². The van der Waals surface area contributed by atoms with Crippen molar-refractivity contribution in [1.82, 2.24) is 10.2 Å². The van der Waals surface area contributed by atoms with E-state index in [1.807, 2.05) is 4.90 Å². The number of benzene rings is 1. The number of carbonyl (C=O) groups excluding carboxylic acids is 2. The molecule has 1 saturated heterocycles. The first-order valence-corrected chi connectivity index (χ1v) is 7.38. The van der Waals surface area contributed by atoms with Crippen LogP contribution in [0.15, 0.2) is 24.3 Å². The highest BCUT2D eigenvalue weighted by Crippen LogP contribution is 2.20. The number of amides is 2. The van der Waals surface area contributed by atoms with E-state index in [0.29, 0.717) is 30.8 Å². The zero-order valence-electron chi connectivity index (χ0n) is 12.8. The topological polar surface area (TPSA) is 95.7 Å². The van der Waals surface area contributed by atoms with Crippen molar-refractivity contribution in [3.05, 3.63) is 29.8 Å². The molecule has 2 amide bonds. The number of rotatable bonds is 6. The highest BCUT2D eigenvalue weighted by molar-refractivity contribution is 5.92. The van der Waals surface area contributed by atoms with E-state index >= 15 is 0 Å². The van der Waals surface area contributed by atoms with Gasteiger partial charge in [0.05, 0.1) is 0 Å². The van der Waals surface area contributed by atoms with Crippen molar-refractivity contribution in [2.75, 3.05) is 25.4 Å². The predicted molar refractivity (Wildman–Crippen MR) is 92.2 cm³/mol. The van der Waals surface area contributed by atoms with Crippen molar-refractivity contribution < 1.29 is 14.7 Å². The molecule has 1 aromatic rings. The fraction of sp³-hybridized carbons (Fsp3) is 0.375. The first kappa shape index (κ1) is 18.8. The Bertz CT molecular complexity index is 590. The van der Waals surface area contributed by atoms with Gasteiger partial charge in [0.25, 0.3) is 0 Å². The van der Waals surface area contributed by atoms with Gasteiger partial charge in [0.15, 0.2) is 0 Å². The summed E-state index contributed by atoms with van der Waals surface area (Å²) in [6.45, 7) is 2.01. The number of nitrogens with two attached hydrogens (primary N) is 1. The maximum atomic E-state index is 11.7. The Labute approximate surface area is 141 Å². The molecule has 1 heterocycles. The first-order valence-electron chi connectivity index (χ1n) is 7.38. The number of halogens is 1. The molecule has 7 heteroatoms. The van der Waals surface area contributed by atoms with Crippen molar-refractivity contribution in [2.45, 2.75) is 19.3 Å². The molecule has 0 atom stereocenters. The lowest BCUT2D eigenvalue weighted by Gasteiger charge is -2.14. The van der Waals surface area contributed by atoms with Gasteiger partial charge in [-0.05, 0) is 37.1 Å². The minimum Gasteiger partial charge on any atom is -0.507 e. The van der Waals surface area contributed by atoms with Crippen LogP contribution in [0, 0.1) is 0 Å². The smallest absolute Gasteiger partial charge is 0.244 e. The van der Waals surface area contributed by atoms with Crippen LogP contribution in [0.3, 0.4) is 0 Å². The summed E-state index contributed by atoms with van der Waals surface area (Å²) in [6, 6.07) is 4.67. The second-order valence-electron chi connectivity index (χ2n) is 5.28. The van der Waals surface area contributed by atoms with Gasteiger partial charge in [0.2, 0.25) is 11.8 Å². The zero-order valence-corrected chi connectivity index (χ0v) is 13.6. The van der Waals surface area contributed by atoms with Crippen molar-refractivity contribution in [1.29, 1.82) is 0 Å². The molecule has 0 saturated carbocycles. The average Bonchev–Trinajstić information content (AvgIpc) is 2.90. The average molecular weight is 340 g/mol. The molecule has 4 N–H and O–H groups in total. The lowest BCUT2D eigenvalue weighted by atomic mass is 10.1. The minimum absolute atomic E-state index is 0. The Morgan fingerprint density at radius 1 is 1.43 bits per heavy atom. The summed E-state index contributed by atoms with van der Waals surface area (Å²) < 4.78 is 0. The van der Waals surface area contributed by atoms with Crippen LogP contribution in [0.4, 0.5) is 5.69 Å². The number of aromatic hydroxyl groups is 1. The van der Waals surface area contributed by atoms with Crippen LogP contribution in [0.5, 0.6) is 5.75 Å². The minimum atomic E-state index is -0.241. The number of phenolic OH excluding ortho intramolecular Hbond substituents is 1. The second kappa shape index (κ2) is 9.05. The zero-order chi connectivity index (χ0) is 15.9. The van der Waals surface area contributed by atoms with E-state index in [0.717, 1.165) is 19.4 Å². The number of anilines is 1. The number of hydrogen-bond acceptors (Lipinski definition) is 4. The predicted octanol–water partition coefficient (Wildman–Crippen LogP) is 1.54. The van der Waals surface area contributed by atoms with Crippen LogP contribution in [-0.4, -0.2) is 41.5 Å². The molecular weight excluding hydrogens is 318 g/mol. The van der Waals surface area contributed by atoms with Crippen molar-refractivity contribution in [3.63, 3.8) is 0 Å². The lowest BCUT2D eigenvalue weighted by Crippen LogP contribution is -2.29. The third-order valence-corrected chi connectivity index (χ3v) is 3.54. The van der Waals surface area contributed by atoms with E-state index in [1.54, 1.807) is 12.1 Å². The highest BCUT2D eigenvalue weighted by Gasteiger charge is 2.18. The van der Waals surface area contributed by atoms with Gasteiger partial charge in [-0.1, -0.05) is 0 Å². The summed E-state index contributed by atoms with van der Waals surface area (Å²) in [5, 5.41) is 12.4. The van der Waals surface area contributed by atoms with Gasteiger partial charge in [-0.3, -0.25) is 9.59 Å². The van der Waals surface area contributed by atoms with Crippen molar-refractivity contribution in [3.8, 4) is 5.75 Å². The summed E-state index contributed by atoms with van der Waals surface area (Å²) in [7, 11) is 0. The Morgan fingerprint density at radius 3 is 2.91 bits per heavy atom. The molecule has 2 rings (SSSR count). The number of likely N-dealkylation sites (tertiary alicyclic amines) is 1. The van der Waals surface area contributed by atoms with Gasteiger partial charge in [0.1, 0.15) is 5.75 Å². The molecule has 0 aromatic heterocycles. The molecule has 0 radical (unpaired) electrons. The number of nitrogens with one attached hydrogen (secondary N) is 1. The molecule has 1 fully saturated rings. The van der Waals surface area contributed by atoms with Gasteiger partial charge in [-0.15, -0.1) is 12.4 Å². The van der Waals surface area contributed by atoms with Gasteiger partial charge >= 0.3 is 0 Å². The fourth-order valence-electron chi connectivity index (χ4n) is 2.35. The maximum absolute atomic E-state index is 11.7. The van der Waals surface area contributed by atoms with Crippen LogP contribution in [-0.2, 0) is 9.59 Å². The summed E-state index contributed by atoms with van der Waals surface area (Å²) in [5.74, 6) is 0.0312. The fourth-order valence-corrected chi connectivity index (χ4v) is 2.35. The van der Waals surface area contributed by atoms with E-state index in [-0.39, 0.29) is 30.0 Å². The van der Waals surface area contributed by atoms with E-state index in [2.05, 4.69) is 5.32 Å². The number of carbonyl (C=O) groups is 2. The third kappa shape index (κ3) is 5.83. The van der Waals surface area contributed by atoms with Crippen molar-refractivity contribution in [2.24, 2.45) is 0 Å². The monoisotopic (exact) mass is 339 g/mol. The van der Waals surface area contributed by atoms with E-state index in [9.17, 15) is 14.7 Å². The highest BCUT2D eigenvalue weighted by atomic mass is 35.5. The van der Waals surface area contributed by atoms with Crippen LogP contribution in [0.25, 0.3) is 6.08 Å². The third-order valence-electron chi connectivity index (χ3n) is 3.54. The molecule has 23 heavy (non-hydrogen) atoms. The summed E-state index contributed by atoms with van der Waals surface area (Å²) in [6.07, 6.45) is 5.17. The lowest BCUT2D eigenvalue weighted by molar-refractivity contribution is -0.127. The Hall–Kier alpha value is -2.21. The van der Waals surface area contributed by atoms with Gasteiger partial charge in [0, 0.05) is 43.4 Å². The molecule has 126 valence electrons. The largest absolute Gasteiger partial charge is 0.507 e. The normalized spacial score (nSPS) is 14.1. The maximum Gasteiger partial charge on any atom is 0.244 e. The molecule has 0 bridgehead atoms. The van der Waals surface area contributed by atoms with Crippen LogP contribution in [0.1, 0.15) is 24.8 Å². The van der Waals surface area contributed by atoms with E-state index < -0.39 is 0 Å². The first-order chi connectivity index (χ1) is 10.6. The van der Waals surface area contributed by atoms with E-state index in [1.165, 1.54) is 18.2 Å². The Kier molecular flexibility index (Phi) is 7.41. The molecule has 0 aliphatic carbocycles. The number of hydrogen-bond donors (Lipinski definition) is 3. The molecule has 1 aliphatic heterocycles.